The van der Waals surface area contributed by atoms with E-state index in [2.05, 4.69) is 47.4 Å². The van der Waals surface area contributed by atoms with Gasteiger partial charge in [0.15, 0.2) is 0 Å². The van der Waals surface area contributed by atoms with Crippen LogP contribution >= 0.6 is 0 Å². The highest BCUT2D eigenvalue weighted by molar-refractivity contribution is 5.37. The minimum atomic E-state index is 0.152. The summed E-state index contributed by atoms with van der Waals surface area (Å²) in [5, 5.41) is 0. The number of unbranched alkanes of at least 4 members (excludes halogenated alkanes) is 6. The van der Waals surface area contributed by atoms with E-state index in [1.165, 1.54) is 82.1 Å². The first-order valence-electron chi connectivity index (χ1n) is 12.6. The van der Waals surface area contributed by atoms with Crippen LogP contribution in [-0.4, -0.2) is 31.1 Å². The van der Waals surface area contributed by atoms with Crippen molar-refractivity contribution in [2.45, 2.75) is 76.7 Å². The first kappa shape index (κ1) is 22.2. The third-order valence-electron chi connectivity index (χ3n) is 6.76. The van der Waals surface area contributed by atoms with Gasteiger partial charge in [-0.25, -0.2) is 0 Å². The second kappa shape index (κ2) is 12.1. The van der Waals surface area contributed by atoms with E-state index in [4.69, 9.17) is 9.47 Å². The second-order valence-corrected chi connectivity index (χ2v) is 9.19. The fourth-order valence-electron chi connectivity index (χ4n) is 4.86. The zero-order valence-corrected chi connectivity index (χ0v) is 19.1. The largest absolute Gasteiger partial charge is 0.494 e. The van der Waals surface area contributed by atoms with Crippen molar-refractivity contribution >= 4 is 0 Å². The summed E-state index contributed by atoms with van der Waals surface area (Å²) in [5.74, 6) is 2.01. The van der Waals surface area contributed by atoms with Crippen LogP contribution in [0.15, 0.2) is 48.5 Å². The molecule has 2 aromatic carbocycles. The van der Waals surface area contributed by atoms with Crippen molar-refractivity contribution in [2.75, 3.05) is 26.2 Å². The molecule has 2 heterocycles. The van der Waals surface area contributed by atoms with Gasteiger partial charge in [-0.15, -0.1) is 0 Å². The van der Waals surface area contributed by atoms with Crippen LogP contribution in [0.4, 0.5) is 0 Å². The lowest BCUT2D eigenvalue weighted by atomic mass is 9.97. The number of nitrogens with zero attached hydrogens (tertiary/aromatic N) is 1. The summed E-state index contributed by atoms with van der Waals surface area (Å²) in [5.41, 5.74) is 2.56. The number of para-hydroxylation sites is 1. The molecule has 2 aromatic rings. The fourth-order valence-corrected chi connectivity index (χ4v) is 4.86. The highest BCUT2D eigenvalue weighted by Gasteiger charge is 2.20. The number of rotatable bonds is 12. The van der Waals surface area contributed by atoms with Gasteiger partial charge < -0.3 is 14.4 Å². The molecule has 0 saturated carbocycles. The Morgan fingerprint density at radius 3 is 2.32 bits per heavy atom. The highest BCUT2D eigenvalue weighted by atomic mass is 16.5. The topological polar surface area (TPSA) is 21.7 Å². The summed E-state index contributed by atoms with van der Waals surface area (Å²) in [4.78, 5) is 2.63. The lowest BCUT2D eigenvalue weighted by Gasteiger charge is -2.26. The summed E-state index contributed by atoms with van der Waals surface area (Å²) in [6.07, 6.45) is 14.4. The van der Waals surface area contributed by atoms with Crippen molar-refractivity contribution in [1.29, 1.82) is 0 Å². The molecule has 31 heavy (non-hydrogen) atoms. The Bertz CT molecular complexity index is 767. The quantitative estimate of drug-likeness (QED) is 0.346. The number of hydrogen-bond acceptors (Lipinski definition) is 3. The molecule has 4 rings (SSSR count). The number of hydrogen-bond donors (Lipinski definition) is 0. The molecule has 2 aliphatic rings. The first-order chi connectivity index (χ1) is 15.4. The molecule has 0 aliphatic carbocycles. The molecule has 3 heteroatoms. The van der Waals surface area contributed by atoms with Crippen molar-refractivity contribution in [2.24, 2.45) is 0 Å². The van der Waals surface area contributed by atoms with E-state index in [0.29, 0.717) is 0 Å². The second-order valence-electron chi connectivity index (χ2n) is 9.19. The molecule has 0 spiro atoms. The molecule has 168 valence electrons. The zero-order valence-electron chi connectivity index (χ0n) is 19.1. The van der Waals surface area contributed by atoms with E-state index in [9.17, 15) is 0 Å². The third kappa shape index (κ3) is 7.00. The first-order valence-corrected chi connectivity index (χ1v) is 12.6. The molecular formula is C28H39NO2. The van der Waals surface area contributed by atoms with Gasteiger partial charge in [0.05, 0.1) is 6.61 Å². The molecule has 1 fully saturated rings. The summed E-state index contributed by atoms with van der Waals surface area (Å²) in [6.45, 7) is 4.83. The van der Waals surface area contributed by atoms with Crippen molar-refractivity contribution < 1.29 is 9.47 Å². The Morgan fingerprint density at radius 2 is 1.52 bits per heavy atom. The summed E-state index contributed by atoms with van der Waals surface area (Å²) < 4.78 is 12.2. The van der Waals surface area contributed by atoms with E-state index in [1.54, 1.807) is 0 Å². The van der Waals surface area contributed by atoms with Gasteiger partial charge in [0, 0.05) is 0 Å². The number of ether oxygens (including phenoxy) is 2. The van der Waals surface area contributed by atoms with Gasteiger partial charge in [-0.3, -0.25) is 0 Å². The minimum Gasteiger partial charge on any atom is -0.494 e. The van der Waals surface area contributed by atoms with Gasteiger partial charge in [0.25, 0.3) is 0 Å². The molecule has 1 saturated heterocycles. The van der Waals surface area contributed by atoms with E-state index in [0.717, 1.165) is 37.4 Å². The average Bonchev–Trinajstić information content (AvgIpc) is 3.34. The monoisotopic (exact) mass is 421 g/mol. The molecule has 3 nitrogen and oxygen atoms in total. The molecule has 2 aliphatic heterocycles. The van der Waals surface area contributed by atoms with Crippen LogP contribution < -0.4 is 9.47 Å². The predicted molar refractivity (Wildman–Crippen MR) is 128 cm³/mol. The molecule has 0 aromatic heterocycles. The Labute approximate surface area is 188 Å². The van der Waals surface area contributed by atoms with Gasteiger partial charge in [-0.1, -0.05) is 62.4 Å². The van der Waals surface area contributed by atoms with Gasteiger partial charge in [-0.05, 0) is 87.5 Å². The maximum absolute atomic E-state index is 6.20. The van der Waals surface area contributed by atoms with E-state index < -0.39 is 0 Å². The number of aryl methyl sites for hydroxylation is 1. The summed E-state index contributed by atoms with van der Waals surface area (Å²) >= 11 is 0. The maximum atomic E-state index is 6.20. The molecule has 0 amide bonds. The van der Waals surface area contributed by atoms with Gasteiger partial charge >= 0.3 is 0 Å². The smallest absolute Gasteiger partial charge is 0.124 e. The highest BCUT2D eigenvalue weighted by Crippen LogP contribution is 2.35. The number of likely N-dealkylation sites (tertiary alicyclic amines) is 1. The molecule has 1 unspecified atom stereocenters. The maximum Gasteiger partial charge on any atom is 0.124 e. The van der Waals surface area contributed by atoms with E-state index in [-0.39, 0.29) is 6.10 Å². The van der Waals surface area contributed by atoms with Crippen LogP contribution in [0.1, 0.15) is 81.4 Å². The standard InChI is InChI=1S/C28H39NO2/c1(2-4-8-20-29-21-9-10-22-29)3-5-11-23-30-26-17-14-25(15-18-26)28-19-16-24-12-6-7-13-27(24)31-28/h6-7,12-15,17-18,28H,1-5,8-11,16,19-23H2. The molecule has 1 atom stereocenters. The van der Waals surface area contributed by atoms with Crippen LogP contribution in [0.25, 0.3) is 0 Å². The molecule has 0 N–H and O–H groups in total. The predicted octanol–water partition coefficient (Wildman–Crippen LogP) is 6.96. The summed E-state index contributed by atoms with van der Waals surface area (Å²) in [7, 11) is 0. The molecular weight excluding hydrogens is 382 g/mol. The normalized spacial score (nSPS) is 18.5. The van der Waals surface area contributed by atoms with Gasteiger partial charge in [-0.2, -0.15) is 0 Å². The van der Waals surface area contributed by atoms with Crippen LogP contribution in [0.2, 0.25) is 0 Å². The van der Waals surface area contributed by atoms with Crippen molar-refractivity contribution in [1.82, 2.24) is 4.90 Å². The van der Waals surface area contributed by atoms with Crippen molar-refractivity contribution in [3.8, 4) is 11.5 Å². The minimum absolute atomic E-state index is 0.152. The lowest BCUT2D eigenvalue weighted by molar-refractivity contribution is 0.176. The third-order valence-corrected chi connectivity index (χ3v) is 6.76. The Morgan fingerprint density at radius 1 is 0.806 bits per heavy atom. The Kier molecular flexibility index (Phi) is 8.70. The average molecular weight is 422 g/mol. The van der Waals surface area contributed by atoms with Crippen LogP contribution in [-0.2, 0) is 6.42 Å². The Hall–Kier alpha value is -2.00. The van der Waals surface area contributed by atoms with Gasteiger partial charge in [0.2, 0.25) is 0 Å². The van der Waals surface area contributed by atoms with Crippen LogP contribution in [0.5, 0.6) is 11.5 Å². The summed E-state index contributed by atoms with van der Waals surface area (Å²) in [6, 6.07) is 16.9. The molecule has 0 radical (unpaired) electrons. The van der Waals surface area contributed by atoms with Crippen molar-refractivity contribution in [3.05, 3.63) is 59.7 Å². The SMILES string of the molecule is c1ccc2c(c1)CCC(c1ccc(OCCCCCCCCCN3CCCC3)cc1)O2. The van der Waals surface area contributed by atoms with Crippen LogP contribution in [0, 0.1) is 0 Å². The van der Waals surface area contributed by atoms with Crippen LogP contribution in [0.3, 0.4) is 0 Å². The lowest BCUT2D eigenvalue weighted by Crippen LogP contribution is -2.20. The number of benzene rings is 2. The van der Waals surface area contributed by atoms with Gasteiger partial charge in [0.1, 0.15) is 17.6 Å². The number of fused-ring (bicyclic) bond motifs is 1. The van der Waals surface area contributed by atoms with E-state index >= 15 is 0 Å². The zero-order chi connectivity index (χ0) is 21.1. The Balaban J connectivity index is 1.05. The molecule has 0 bridgehead atoms. The fraction of sp³-hybridized carbons (Fsp3) is 0.571. The van der Waals surface area contributed by atoms with E-state index in [1.807, 2.05) is 6.07 Å². The van der Waals surface area contributed by atoms with Crippen molar-refractivity contribution in [3.63, 3.8) is 0 Å².